The van der Waals surface area contributed by atoms with Gasteiger partial charge in [-0.05, 0) is 95.2 Å². The van der Waals surface area contributed by atoms with Gasteiger partial charge in [0.25, 0.3) is 5.91 Å². The van der Waals surface area contributed by atoms with Gasteiger partial charge >= 0.3 is 12.3 Å². The molecule has 254 valence electrons. The van der Waals surface area contributed by atoms with Crippen LogP contribution in [0.5, 0.6) is 5.75 Å². The van der Waals surface area contributed by atoms with Crippen molar-refractivity contribution in [2.75, 3.05) is 49.2 Å². The molecule has 1 atom stereocenters. The molecule has 2 aromatic carbocycles. The van der Waals surface area contributed by atoms with Crippen LogP contribution in [0.2, 0.25) is 0 Å². The van der Waals surface area contributed by atoms with Crippen LogP contribution in [0.4, 0.5) is 29.3 Å². The highest BCUT2D eigenvalue weighted by molar-refractivity contribution is 7.81. The van der Waals surface area contributed by atoms with Crippen LogP contribution in [0.15, 0.2) is 36.4 Å². The van der Waals surface area contributed by atoms with E-state index in [4.69, 9.17) is 21.7 Å². The summed E-state index contributed by atoms with van der Waals surface area (Å²) in [7, 11) is 0. The Kier molecular flexibility index (Phi) is 10.4. The molecule has 47 heavy (non-hydrogen) atoms. The Morgan fingerprint density at radius 1 is 1.13 bits per heavy atom. The first-order valence-electron chi connectivity index (χ1n) is 15.3. The van der Waals surface area contributed by atoms with Gasteiger partial charge in [0.15, 0.2) is 5.11 Å². The van der Waals surface area contributed by atoms with Crippen LogP contribution in [0.3, 0.4) is 0 Å². The van der Waals surface area contributed by atoms with Crippen LogP contribution in [0.1, 0.15) is 58.2 Å². The molecular formula is C33H40F3N5O5S. The Hall–Kier alpha value is -3.93. The molecule has 4 rings (SSSR count). The lowest BCUT2D eigenvalue weighted by molar-refractivity contribution is -0.137. The number of amides is 2. The summed E-state index contributed by atoms with van der Waals surface area (Å²) in [6.07, 6.45) is -4.62. The summed E-state index contributed by atoms with van der Waals surface area (Å²) in [6, 6.07) is 9.73. The highest BCUT2D eigenvalue weighted by atomic mass is 32.1. The fourth-order valence-electron chi connectivity index (χ4n) is 5.71. The van der Waals surface area contributed by atoms with E-state index in [2.05, 4.69) is 4.90 Å². The molecule has 0 aromatic heterocycles. The highest BCUT2D eigenvalue weighted by Crippen LogP contribution is 2.40. The molecule has 10 nitrogen and oxygen atoms in total. The van der Waals surface area contributed by atoms with Crippen molar-refractivity contribution < 1.29 is 37.3 Å². The number of ether oxygens (including phenoxy) is 2. The molecule has 0 spiro atoms. The van der Waals surface area contributed by atoms with Gasteiger partial charge in [0.2, 0.25) is 0 Å². The minimum Gasteiger partial charge on any atom is -0.492 e. The van der Waals surface area contributed by atoms with Crippen LogP contribution in [0.25, 0.3) is 0 Å². The summed E-state index contributed by atoms with van der Waals surface area (Å²) in [5, 5.41) is 19.2. The Morgan fingerprint density at radius 2 is 1.81 bits per heavy atom. The zero-order valence-electron chi connectivity index (χ0n) is 27.3. The van der Waals surface area contributed by atoms with Crippen molar-refractivity contribution in [2.45, 2.75) is 71.3 Å². The zero-order chi connectivity index (χ0) is 34.9. The maximum atomic E-state index is 13.7. The van der Waals surface area contributed by atoms with Gasteiger partial charge in [-0.1, -0.05) is 6.92 Å². The standard InChI is InChI=1S/C33H40F3N5O5S/c1-7-21-16-24(10-11-27(21)45-15-14-38-12-13-39(19-25(38)20-42)30(44)46-31(2,3)4)41-29(47)40(28(43)32(41,5)6)23-9-8-22(18-37)26(17-23)33(34,35)36/h8-11,16-17,25,42H,7,12-15,19-20H2,1-6H3/t25-/m0/s1. The molecule has 0 aliphatic carbocycles. The van der Waals surface area contributed by atoms with E-state index in [0.717, 1.165) is 22.6 Å². The number of carbonyl (C=O) groups excluding carboxylic acids is 2. The second kappa shape index (κ2) is 13.7. The third-order valence-corrected chi connectivity index (χ3v) is 8.51. The number of hydrogen-bond acceptors (Lipinski definition) is 8. The van der Waals surface area contributed by atoms with E-state index < -0.39 is 40.4 Å². The van der Waals surface area contributed by atoms with Crippen molar-refractivity contribution >= 4 is 40.7 Å². The van der Waals surface area contributed by atoms with Crippen molar-refractivity contribution in [2.24, 2.45) is 0 Å². The maximum absolute atomic E-state index is 13.7. The molecule has 2 amide bonds. The van der Waals surface area contributed by atoms with E-state index in [1.54, 1.807) is 62.6 Å². The summed E-state index contributed by atoms with van der Waals surface area (Å²) < 4.78 is 52.7. The van der Waals surface area contributed by atoms with Crippen LogP contribution >= 0.6 is 12.2 Å². The first-order chi connectivity index (χ1) is 21.9. The molecule has 0 unspecified atom stereocenters. The van der Waals surface area contributed by atoms with E-state index in [1.165, 1.54) is 6.07 Å². The highest BCUT2D eigenvalue weighted by Gasteiger charge is 2.51. The van der Waals surface area contributed by atoms with Gasteiger partial charge in [-0.15, -0.1) is 0 Å². The van der Waals surface area contributed by atoms with E-state index >= 15 is 0 Å². The maximum Gasteiger partial charge on any atom is 0.417 e. The number of aryl methyl sites for hydroxylation is 1. The first kappa shape index (κ1) is 35.9. The molecule has 2 heterocycles. The number of aliphatic hydroxyl groups excluding tert-OH is 1. The van der Waals surface area contributed by atoms with Crippen molar-refractivity contribution in [3.63, 3.8) is 0 Å². The minimum atomic E-state index is -4.79. The minimum absolute atomic E-state index is 0.00845. The number of nitrogens with zero attached hydrogens (tertiary/aromatic N) is 5. The van der Waals surface area contributed by atoms with Crippen molar-refractivity contribution in [1.82, 2.24) is 9.80 Å². The Morgan fingerprint density at radius 3 is 2.40 bits per heavy atom. The second-order valence-electron chi connectivity index (χ2n) is 12.9. The number of carbonyl (C=O) groups is 2. The number of piperazine rings is 1. The molecular weight excluding hydrogens is 635 g/mol. The third kappa shape index (κ3) is 7.63. The quantitative estimate of drug-likeness (QED) is 0.371. The van der Waals surface area contributed by atoms with Gasteiger partial charge in [-0.3, -0.25) is 14.6 Å². The summed E-state index contributed by atoms with van der Waals surface area (Å²) in [4.78, 5) is 32.5. The van der Waals surface area contributed by atoms with Crippen molar-refractivity contribution in [3.05, 3.63) is 53.1 Å². The number of aliphatic hydroxyl groups is 1. The lowest BCUT2D eigenvalue weighted by Gasteiger charge is -2.40. The van der Waals surface area contributed by atoms with Crippen LogP contribution in [0, 0.1) is 11.3 Å². The predicted octanol–water partition coefficient (Wildman–Crippen LogP) is 5.35. The van der Waals surface area contributed by atoms with Gasteiger partial charge in [0.1, 0.15) is 23.5 Å². The fourth-order valence-corrected chi connectivity index (χ4v) is 6.23. The molecule has 1 N–H and O–H groups in total. The number of benzene rings is 2. The van der Waals surface area contributed by atoms with E-state index in [1.807, 2.05) is 13.0 Å². The van der Waals surface area contributed by atoms with Crippen LogP contribution < -0.4 is 14.5 Å². The number of rotatable bonds is 8. The van der Waals surface area contributed by atoms with Crippen LogP contribution in [-0.4, -0.2) is 88.6 Å². The molecule has 0 saturated carbocycles. The summed E-state index contributed by atoms with van der Waals surface area (Å²) in [5.74, 6) is 0.112. The fraction of sp³-hybridized carbons (Fsp3) is 0.515. The largest absolute Gasteiger partial charge is 0.492 e. The molecule has 0 bridgehead atoms. The van der Waals surface area contributed by atoms with Gasteiger partial charge in [0, 0.05) is 31.9 Å². The topological polar surface area (TPSA) is 110 Å². The van der Waals surface area contributed by atoms with Crippen LogP contribution in [-0.2, 0) is 22.1 Å². The predicted molar refractivity (Wildman–Crippen MR) is 174 cm³/mol. The lowest BCUT2D eigenvalue weighted by atomic mass is 10.0. The molecule has 2 aliphatic heterocycles. The van der Waals surface area contributed by atoms with Gasteiger partial charge in [0.05, 0.1) is 35.5 Å². The summed E-state index contributed by atoms with van der Waals surface area (Å²) in [6.45, 7) is 12.7. The number of alkyl halides is 3. The van der Waals surface area contributed by atoms with E-state index in [-0.39, 0.29) is 23.4 Å². The van der Waals surface area contributed by atoms with Crippen molar-refractivity contribution in [3.8, 4) is 11.8 Å². The summed E-state index contributed by atoms with van der Waals surface area (Å²) in [5.41, 5.74) is -2.20. The normalized spacial score (nSPS) is 18.8. The SMILES string of the molecule is CCc1cc(N2C(=S)N(c3ccc(C#N)c(C(F)(F)F)c3)C(=O)C2(C)C)ccc1OCCN1CCN(C(=O)OC(C)(C)C)C[C@H]1CO. The number of nitriles is 1. The zero-order valence-corrected chi connectivity index (χ0v) is 28.2. The molecule has 2 aliphatic rings. The molecule has 14 heteroatoms. The van der Waals surface area contributed by atoms with Gasteiger partial charge in [-0.25, -0.2) is 4.79 Å². The van der Waals surface area contributed by atoms with Gasteiger partial charge < -0.3 is 24.4 Å². The Labute approximate surface area is 278 Å². The molecule has 2 fully saturated rings. The lowest BCUT2D eigenvalue weighted by Crippen LogP contribution is -2.57. The average molecular weight is 676 g/mol. The second-order valence-corrected chi connectivity index (χ2v) is 13.3. The Balaban J connectivity index is 1.48. The number of halogens is 3. The number of anilines is 2. The molecule has 0 radical (unpaired) electrons. The van der Waals surface area contributed by atoms with E-state index in [0.29, 0.717) is 50.6 Å². The van der Waals surface area contributed by atoms with Gasteiger partial charge in [-0.2, -0.15) is 18.4 Å². The monoisotopic (exact) mass is 675 g/mol. The third-order valence-electron chi connectivity index (χ3n) is 8.14. The smallest absolute Gasteiger partial charge is 0.417 e. The average Bonchev–Trinajstić information content (AvgIpc) is 3.18. The molecule has 2 saturated heterocycles. The van der Waals surface area contributed by atoms with Crippen molar-refractivity contribution in [1.29, 1.82) is 5.26 Å². The number of thiocarbonyl (C=S) groups is 1. The molecule has 2 aromatic rings. The summed E-state index contributed by atoms with van der Waals surface area (Å²) >= 11 is 5.67. The van der Waals surface area contributed by atoms with E-state index in [9.17, 15) is 33.1 Å². The first-order valence-corrected chi connectivity index (χ1v) is 15.7. The Bertz CT molecular complexity index is 1570. The number of hydrogen-bond donors (Lipinski definition) is 1.